The molecule has 0 bridgehead atoms. The molecule has 30 heavy (non-hydrogen) atoms. The zero-order valence-corrected chi connectivity index (χ0v) is 19.1. The molecule has 162 valence electrons. The standard InChI is InChI=1S/C24H32N2O3S/c1-5-19(4)22-8-6-7-9-23(22)25-24(27)20-10-12-21(13-11-20)30(28,29)26-15-17(2)14-18(3)16-26/h6-13,17-19H,5,14-16H2,1-4H3,(H,25,27)/t17-,18-,19+/m0/s1. The van der Waals surface area contributed by atoms with E-state index in [9.17, 15) is 13.2 Å². The smallest absolute Gasteiger partial charge is 0.255 e. The Hall–Kier alpha value is -2.18. The Bertz CT molecular complexity index is 976. The molecule has 1 N–H and O–H groups in total. The second-order valence-corrected chi connectivity index (χ2v) is 10.6. The third kappa shape index (κ3) is 4.93. The second kappa shape index (κ2) is 9.31. The molecule has 1 heterocycles. The number of piperidine rings is 1. The molecule has 0 aromatic heterocycles. The minimum Gasteiger partial charge on any atom is -0.322 e. The number of hydrogen-bond acceptors (Lipinski definition) is 3. The maximum absolute atomic E-state index is 13.0. The number of carbonyl (C=O) groups excluding carboxylic acids is 1. The lowest BCUT2D eigenvalue weighted by molar-refractivity contribution is 0.102. The first-order valence-corrected chi connectivity index (χ1v) is 12.2. The van der Waals surface area contributed by atoms with Gasteiger partial charge < -0.3 is 5.32 Å². The number of para-hydroxylation sites is 1. The van der Waals surface area contributed by atoms with Crippen LogP contribution in [0, 0.1) is 11.8 Å². The number of sulfonamides is 1. The predicted octanol–water partition coefficient (Wildman–Crippen LogP) is 5.12. The number of anilines is 1. The van der Waals surface area contributed by atoms with Crippen LogP contribution in [0.3, 0.4) is 0 Å². The van der Waals surface area contributed by atoms with E-state index < -0.39 is 10.0 Å². The van der Waals surface area contributed by atoms with E-state index in [1.165, 1.54) is 12.1 Å². The van der Waals surface area contributed by atoms with Crippen LogP contribution in [0.1, 0.15) is 62.4 Å². The van der Waals surface area contributed by atoms with Gasteiger partial charge in [0.2, 0.25) is 10.0 Å². The van der Waals surface area contributed by atoms with E-state index in [0.29, 0.717) is 36.4 Å². The van der Waals surface area contributed by atoms with Gasteiger partial charge >= 0.3 is 0 Å². The van der Waals surface area contributed by atoms with E-state index in [2.05, 4.69) is 33.0 Å². The summed E-state index contributed by atoms with van der Waals surface area (Å²) in [5, 5.41) is 2.98. The molecule has 1 saturated heterocycles. The quantitative estimate of drug-likeness (QED) is 0.694. The Kier molecular flexibility index (Phi) is 6.98. The molecule has 1 aliphatic heterocycles. The van der Waals surface area contributed by atoms with Crippen molar-refractivity contribution in [3.05, 3.63) is 59.7 Å². The highest BCUT2D eigenvalue weighted by molar-refractivity contribution is 7.89. The number of hydrogen-bond donors (Lipinski definition) is 1. The van der Waals surface area contributed by atoms with Gasteiger partial charge in [0, 0.05) is 24.3 Å². The van der Waals surface area contributed by atoms with E-state index in [1.54, 1.807) is 16.4 Å². The summed E-state index contributed by atoms with van der Waals surface area (Å²) < 4.78 is 27.6. The van der Waals surface area contributed by atoms with Gasteiger partial charge in [0.25, 0.3) is 5.91 Å². The van der Waals surface area contributed by atoms with Crippen molar-refractivity contribution < 1.29 is 13.2 Å². The minimum absolute atomic E-state index is 0.236. The van der Waals surface area contributed by atoms with Crippen LogP contribution >= 0.6 is 0 Å². The summed E-state index contributed by atoms with van der Waals surface area (Å²) in [6.45, 7) is 9.51. The van der Waals surface area contributed by atoms with E-state index >= 15 is 0 Å². The van der Waals surface area contributed by atoms with Crippen molar-refractivity contribution in [2.24, 2.45) is 11.8 Å². The maximum atomic E-state index is 13.0. The first-order chi connectivity index (χ1) is 14.2. The van der Waals surface area contributed by atoms with Gasteiger partial charge in [0.15, 0.2) is 0 Å². The molecule has 2 aromatic carbocycles. The predicted molar refractivity (Wildman–Crippen MR) is 121 cm³/mol. The fourth-order valence-corrected chi connectivity index (χ4v) is 5.86. The summed E-state index contributed by atoms with van der Waals surface area (Å²) in [6, 6.07) is 14.0. The molecule has 5 nitrogen and oxygen atoms in total. The lowest BCUT2D eigenvalue weighted by Crippen LogP contribution is -2.42. The molecule has 3 rings (SSSR count). The Morgan fingerprint density at radius 2 is 1.67 bits per heavy atom. The van der Waals surface area contributed by atoms with Crippen LogP contribution in [0.4, 0.5) is 5.69 Å². The largest absolute Gasteiger partial charge is 0.322 e. The molecule has 2 aromatic rings. The van der Waals surface area contributed by atoms with Crippen LogP contribution in [0.25, 0.3) is 0 Å². The summed E-state index contributed by atoms with van der Waals surface area (Å²) in [5.74, 6) is 0.788. The normalized spacial score (nSPS) is 21.2. The first-order valence-electron chi connectivity index (χ1n) is 10.7. The van der Waals surface area contributed by atoms with Gasteiger partial charge in [-0.15, -0.1) is 0 Å². The van der Waals surface area contributed by atoms with Crippen LogP contribution in [-0.4, -0.2) is 31.7 Å². The van der Waals surface area contributed by atoms with Crippen molar-refractivity contribution in [2.45, 2.75) is 51.3 Å². The van der Waals surface area contributed by atoms with Crippen molar-refractivity contribution in [1.82, 2.24) is 4.31 Å². The Morgan fingerprint density at radius 1 is 1.07 bits per heavy atom. The maximum Gasteiger partial charge on any atom is 0.255 e. The van der Waals surface area contributed by atoms with Gasteiger partial charge in [-0.05, 0) is 66.5 Å². The zero-order valence-electron chi connectivity index (χ0n) is 18.3. The molecule has 6 heteroatoms. The molecule has 0 spiro atoms. The molecule has 0 unspecified atom stereocenters. The van der Waals surface area contributed by atoms with Gasteiger partial charge in [-0.2, -0.15) is 4.31 Å². The van der Waals surface area contributed by atoms with Crippen molar-refractivity contribution in [1.29, 1.82) is 0 Å². The summed E-state index contributed by atoms with van der Waals surface area (Å²) in [5.41, 5.74) is 2.33. The van der Waals surface area contributed by atoms with Crippen LogP contribution in [0.15, 0.2) is 53.4 Å². The third-order valence-electron chi connectivity index (χ3n) is 5.94. The monoisotopic (exact) mass is 428 g/mol. The van der Waals surface area contributed by atoms with Crippen LogP contribution in [0.2, 0.25) is 0 Å². The molecule has 0 aliphatic carbocycles. The fraction of sp³-hybridized carbons (Fsp3) is 0.458. The highest BCUT2D eigenvalue weighted by Crippen LogP contribution is 2.28. The Morgan fingerprint density at radius 3 is 2.27 bits per heavy atom. The molecule has 0 saturated carbocycles. The van der Waals surface area contributed by atoms with Gasteiger partial charge in [0.1, 0.15) is 0 Å². The summed E-state index contributed by atoms with van der Waals surface area (Å²) >= 11 is 0. The molecular formula is C24H32N2O3S. The molecule has 1 fully saturated rings. The molecule has 3 atom stereocenters. The van der Waals surface area contributed by atoms with Gasteiger partial charge in [-0.3, -0.25) is 4.79 Å². The van der Waals surface area contributed by atoms with Gasteiger partial charge in [-0.25, -0.2) is 8.42 Å². The number of nitrogens with zero attached hydrogens (tertiary/aromatic N) is 1. The summed E-state index contributed by atoms with van der Waals surface area (Å²) in [7, 11) is -3.55. The van der Waals surface area contributed by atoms with Crippen molar-refractivity contribution in [3.63, 3.8) is 0 Å². The number of amides is 1. The van der Waals surface area contributed by atoms with E-state index in [-0.39, 0.29) is 10.8 Å². The van der Waals surface area contributed by atoms with Crippen LogP contribution in [0.5, 0.6) is 0 Å². The first kappa shape index (κ1) is 22.5. The summed E-state index contributed by atoms with van der Waals surface area (Å²) in [4.78, 5) is 13.0. The Balaban J connectivity index is 1.77. The second-order valence-electron chi connectivity index (χ2n) is 8.64. The Labute approximate surface area is 180 Å². The van der Waals surface area contributed by atoms with Crippen LogP contribution in [-0.2, 0) is 10.0 Å². The topological polar surface area (TPSA) is 66.5 Å². The number of rotatable bonds is 6. The van der Waals surface area contributed by atoms with E-state index in [1.807, 2.05) is 24.3 Å². The summed E-state index contributed by atoms with van der Waals surface area (Å²) in [6.07, 6.45) is 2.02. The van der Waals surface area contributed by atoms with E-state index in [0.717, 1.165) is 24.1 Å². The average Bonchev–Trinajstić information content (AvgIpc) is 2.73. The van der Waals surface area contributed by atoms with Gasteiger partial charge in [-0.1, -0.05) is 45.9 Å². The van der Waals surface area contributed by atoms with Gasteiger partial charge in [0.05, 0.1) is 4.90 Å². The SMILES string of the molecule is CC[C@@H](C)c1ccccc1NC(=O)c1ccc(S(=O)(=O)N2C[C@@H](C)C[C@H](C)C2)cc1. The highest BCUT2D eigenvalue weighted by atomic mass is 32.2. The minimum atomic E-state index is -3.55. The zero-order chi connectivity index (χ0) is 21.9. The van der Waals surface area contributed by atoms with E-state index in [4.69, 9.17) is 0 Å². The third-order valence-corrected chi connectivity index (χ3v) is 7.79. The molecule has 1 aliphatic rings. The number of benzene rings is 2. The highest BCUT2D eigenvalue weighted by Gasteiger charge is 2.31. The lowest BCUT2D eigenvalue weighted by atomic mass is 9.94. The average molecular weight is 429 g/mol. The molecule has 0 radical (unpaired) electrons. The fourth-order valence-electron chi connectivity index (χ4n) is 4.18. The number of nitrogens with one attached hydrogen (secondary N) is 1. The lowest BCUT2D eigenvalue weighted by Gasteiger charge is -2.34. The number of carbonyl (C=O) groups is 1. The molecular weight excluding hydrogens is 396 g/mol. The molecule has 1 amide bonds. The van der Waals surface area contributed by atoms with Crippen LogP contribution < -0.4 is 5.32 Å². The van der Waals surface area contributed by atoms with Crippen molar-refractivity contribution >= 4 is 21.6 Å². The van der Waals surface area contributed by atoms with Crippen molar-refractivity contribution in [3.8, 4) is 0 Å². The van der Waals surface area contributed by atoms with Crippen molar-refractivity contribution in [2.75, 3.05) is 18.4 Å².